The van der Waals surface area contributed by atoms with Gasteiger partial charge in [-0.05, 0) is 38.3 Å². The minimum absolute atomic E-state index is 0.0765. The van der Waals surface area contributed by atoms with Crippen LogP contribution in [0.1, 0.15) is 35.4 Å². The van der Waals surface area contributed by atoms with Crippen molar-refractivity contribution in [2.75, 3.05) is 13.1 Å². The molecule has 6 heteroatoms. The van der Waals surface area contributed by atoms with Gasteiger partial charge < -0.3 is 14.2 Å². The molecule has 1 atom stereocenters. The molecule has 3 rings (SSSR count). The van der Waals surface area contributed by atoms with E-state index < -0.39 is 0 Å². The van der Waals surface area contributed by atoms with Crippen molar-refractivity contribution in [2.24, 2.45) is 0 Å². The zero-order chi connectivity index (χ0) is 16.9. The summed E-state index contributed by atoms with van der Waals surface area (Å²) in [4.78, 5) is 18.6. The first kappa shape index (κ1) is 16.6. The van der Waals surface area contributed by atoms with Gasteiger partial charge in [-0.25, -0.2) is 0 Å². The number of rotatable bonds is 5. The molecule has 1 aliphatic rings. The molecule has 1 aliphatic heterocycles. The fraction of sp³-hybridized carbons (Fsp3) is 0.500. The Bertz CT molecular complexity index is 665. The highest BCUT2D eigenvalue weighted by atomic mass is 16.5. The monoisotopic (exact) mass is 329 g/mol. The summed E-state index contributed by atoms with van der Waals surface area (Å²) in [6.07, 6.45) is 5.92. The number of likely N-dealkylation sites (tertiary alicyclic amines) is 1. The van der Waals surface area contributed by atoms with Crippen molar-refractivity contribution in [3.63, 3.8) is 0 Å². The maximum Gasteiger partial charge on any atom is 0.227 e. The molecule has 2 aromatic rings. The molecule has 1 fully saturated rings. The number of carbonyl (C=O) groups is 1. The molecule has 0 spiro atoms. The average molecular weight is 329 g/mol. The number of piperidine rings is 1. The van der Waals surface area contributed by atoms with Crippen molar-refractivity contribution in [1.29, 1.82) is 0 Å². The number of aryl methyl sites for hydroxylation is 2. The minimum atomic E-state index is 0.0765. The SMILES string of the molecule is Cc1noc(C)c1CC(=O)N1CCC[C@@H](OCc2cccnc2)C1. The van der Waals surface area contributed by atoms with Gasteiger partial charge in [0.2, 0.25) is 5.91 Å². The number of ether oxygens (including phenoxy) is 1. The summed E-state index contributed by atoms with van der Waals surface area (Å²) >= 11 is 0. The molecule has 0 saturated carbocycles. The number of hydrogen-bond acceptors (Lipinski definition) is 5. The Labute approximate surface area is 141 Å². The highest BCUT2D eigenvalue weighted by Gasteiger charge is 2.25. The molecule has 1 amide bonds. The molecule has 24 heavy (non-hydrogen) atoms. The van der Waals surface area contributed by atoms with Crippen LogP contribution in [0.2, 0.25) is 0 Å². The Morgan fingerprint density at radius 3 is 3.04 bits per heavy atom. The van der Waals surface area contributed by atoms with Crippen molar-refractivity contribution >= 4 is 5.91 Å². The third-order valence-electron chi connectivity index (χ3n) is 4.45. The molecule has 3 heterocycles. The Morgan fingerprint density at radius 2 is 2.33 bits per heavy atom. The molecule has 0 bridgehead atoms. The minimum Gasteiger partial charge on any atom is -0.372 e. The zero-order valence-electron chi connectivity index (χ0n) is 14.2. The van der Waals surface area contributed by atoms with Gasteiger partial charge in [0.25, 0.3) is 0 Å². The number of pyridine rings is 1. The van der Waals surface area contributed by atoms with Gasteiger partial charge in [0, 0.05) is 31.0 Å². The standard InChI is InChI=1S/C18H23N3O3/c1-13-17(14(2)24-20-13)9-18(22)21-8-4-6-16(11-21)23-12-15-5-3-7-19-10-15/h3,5,7,10,16H,4,6,8-9,11-12H2,1-2H3/t16-/m1/s1. The fourth-order valence-corrected chi connectivity index (χ4v) is 3.02. The zero-order valence-corrected chi connectivity index (χ0v) is 14.2. The van der Waals surface area contributed by atoms with Gasteiger partial charge in [0.1, 0.15) is 5.76 Å². The lowest BCUT2D eigenvalue weighted by atomic mass is 10.1. The van der Waals surface area contributed by atoms with Crippen LogP contribution in [0.15, 0.2) is 29.0 Å². The predicted octanol–water partition coefficient (Wildman–Crippen LogP) is 2.44. The molecule has 128 valence electrons. The van der Waals surface area contributed by atoms with Gasteiger partial charge in [-0.3, -0.25) is 9.78 Å². The third-order valence-corrected chi connectivity index (χ3v) is 4.45. The highest BCUT2D eigenvalue weighted by molar-refractivity contribution is 5.79. The summed E-state index contributed by atoms with van der Waals surface area (Å²) in [5.74, 6) is 0.835. The molecule has 0 aliphatic carbocycles. The van der Waals surface area contributed by atoms with E-state index in [2.05, 4.69) is 10.1 Å². The smallest absolute Gasteiger partial charge is 0.227 e. The van der Waals surface area contributed by atoms with E-state index in [1.165, 1.54) is 0 Å². The highest BCUT2D eigenvalue weighted by Crippen LogP contribution is 2.18. The Balaban J connectivity index is 1.54. The van der Waals surface area contributed by atoms with Gasteiger partial charge in [-0.1, -0.05) is 11.2 Å². The molecule has 1 saturated heterocycles. The van der Waals surface area contributed by atoms with E-state index >= 15 is 0 Å². The molecular weight excluding hydrogens is 306 g/mol. The number of aromatic nitrogens is 2. The molecule has 0 radical (unpaired) electrons. The van der Waals surface area contributed by atoms with Crippen molar-refractivity contribution in [1.82, 2.24) is 15.0 Å². The fourth-order valence-electron chi connectivity index (χ4n) is 3.02. The summed E-state index contributed by atoms with van der Waals surface area (Å²) in [6, 6.07) is 3.90. The Hall–Kier alpha value is -2.21. The number of hydrogen-bond donors (Lipinski definition) is 0. The van der Waals surface area contributed by atoms with Crippen molar-refractivity contribution in [3.8, 4) is 0 Å². The average Bonchev–Trinajstić information content (AvgIpc) is 2.93. The second-order valence-corrected chi connectivity index (χ2v) is 6.26. The molecule has 0 aromatic carbocycles. The van der Waals surface area contributed by atoms with Crippen LogP contribution >= 0.6 is 0 Å². The van der Waals surface area contributed by atoms with Crippen LogP contribution in [0.25, 0.3) is 0 Å². The topological polar surface area (TPSA) is 68.5 Å². The summed E-state index contributed by atoms with van der Waals surface area (Å²) in [5.41, 5.74) is 2.75. The van der Waals surface area contributed by atoms with E-state index in [4.69, 9.17) is 9.26 Å². The summed E-state index contributed by atoms with van der Waals surface area (Å²) in [6.45, 7) is 5.68. The Morgan fingerprint density at radius 1 is 1.46 bits per heavy atom. The largest absolute Gasteiger partial charge is 0.372 e. The predicted molar refractivity (Wildman–Crippen MR) is 88.3 cm³/mol. The summed E-state index contributed by atoms with van der Waals surface area (Å²) < 4.78 is 11.1. The number of amides is 1. The normalized spacial score (nSPS) is 17.9. The van der Waals surface area contributed by atoms with Gasteiger partial charge in [-0.15, -0.1) is 0 Å². The van der Waals surface area contributed by atoms with Crippen LogP contribution in [-0.2, 0) is 22.6 Å². The van der Waals surface area contributed by atoms with E-state index in [0.29, 0.717) is 19.6 Å². The number of nitrogens with zero attached hydrogens (tertiary/aromatic N) is 3. The van der Waals surface area contributed by atoms with Gasteiger partial charge in [0.05, 0.1) is 24.8 Å². The van der Waals surface area contributed by atoms with Crippen molar-refractivity contribution in [3.05, 3.63) is 47.1 Å². The van der Waals surface area contributed by atoms with E-state index in [9.17, 15) is 4.79 Å². The third kappa shape index (κ3) is 4.00. The second kappa shape index (κ2) is 7.57. The first-order chi connectivity index (χ1) is 11.6. The molecule has 0 N–H and O–H groups in total. The van der Waals surface area contributed by atoms with Crippen LogP contribution in [0, 0.1) is 13.8 Å². The van der Waals surface area contributed by atoms with Gasteiger partial charge >= 0.3 is 0 Å². The molecule has 2 aromatic heterocycles. The molecular formula is C18H23N3O3. The van der Waals surface area contributed by atoms with Gasteiger partial charge in [0.15, 0.2) is 0 Å². The van der Waals surface area contributed by atoms with Crippen molar-refractivity contribution in [2.45, 2.75) is 45.8 Å². The lowest BCUT2D eigenvalue weighted by Gasteiger charge is -2.32. The summed E-state index contributed by atoms with van der Waals surface area (Å²) in [5, 5.41) is 3.92. The maximum absolute atomic E-state index is 12.6. The maximum atomic E-state index is 12.6. The van der Waals surface area contributed by atoms with Gasteiger partial charge in [-0.2, -0.15) is 0 Å². The van der Waals surface area contributed by atoms with Crippen LogP contribution < -0.4 is 0 Å². The molecule has 0 unspecified atom stereocenters. The quantitative estimate of drug-likeness (QED) is 0.843. The molecule has 6 nitrogen and oxygen atoms in total. The summed E-state index contributed by atoms with van der Waals surface area (Å²) in [7, 11) is 0. The first-order valence-electron chi connectivity index (χ1n) is 8.33. The Kier molecular flexibility index (Phi) is 5.25. The number of carbonyl (C=O) groups excluding carboxylic acids is 1. The van der Waals surface area contributed by atoms with Crippen LogP contribution in [-0.4, -0.2) is 40.1 Å². The lowest BCUT2D eigenvalue weighted by molar-refractivity contribution is -0.134. The van der Waals surface area contributed by atoms with Crippen LogP contribution in [0.4, 0.5) is 0 Å². The first-order valence-corrected chi connectivity index (χ1v) is 8.33. The lowest BCUT2D eigenvalue weighted by Crippen LogP contribution is -2.43. The van der Waals surface area contributed by atoms with Crippen molar-refractivity contribution < 1.29 is 14.1 Å². The van der Waals surface area contributed by atoms with E-state index in [-0.39, 0.29) is 12.0 Å². The van der Waals surface area contributed by atoms with Crippen LogP contribution in [0.5, 0.6) is 0 Å². The van der Waals surface area contributed by atoms with Crippen LogP contribution in [0.3, 0.4) is 0 Å². The van der Waals surface area contributed by atoms with E-state index in [1.807, 2.05) is 37.1 Å². The second-order valence-electron chi connectivity index (χ2n) is 6.26. The van der Waals surface area contributed by atoms with E-state index in [0.717, 1.165) is 42.0 Å². The van der Waals surface area contributed by atoms with E-state index in [1.54, 1.807) is 6.20 Å².